The summed E-state index contributed by atoms with van der Waals surface area (Å²) in [5.41, 5.74) is 2.00. The van der Waals surface area contributed by atoms with Crippen molar-refractivity contribution in [3.05, 3.63) is 45.8 Å². The zero-order valence-electron chi connectivity index (χ0n) is 13.8. The van der Waals surface area contributed by atoms with Crippen LogP contribution in [0.15, 0.2) is 24.3 Å². The molecule has 1 heterocycles. The number of hydrogen-bond donors (Lipinski definition) is 1. The van der Waals surface area contributed by atoms with E-state index in [1.807, 2.05) is 13.8 Å². The normalized spacial score (nSPS) is 10.4. The monoisotopic (exact) mass is 328 g/mol. The summed E-state index contributed by atoms with van der Waals surface area (Å²) in [6.45, 7) is 8.64. The highest BCUT2D eigenvalue weighted by Gasteiger charge is 2.15. The van der Waals surface area contributed by atoms with Crippen LogP contribution in [0.25, 0.3) is 0 Å². The van der Waals surface area contributed by atoms with Crippen LogP contribution in [-0.2, 0) is 0 Å². The summed E-state index contributed by atoms with van der Waals surface area (Å²) in [6, 6.07) is 9.18. The van der Waals surface area contributed by atoms with Gasteiger partial charge in [-0.3, -0.25) is 4.79 Å². The van der Waals surface area contributed by atoms with Crippen molar-refractivity contribution >= 4 is 22.2 Å². The van der Waals surface area contributed by atoms with E-state index in [0.717, 1.165) is 16.2 Å². The Morgan fingerprint density at radius 1 is 1.30 bits per heavy atom. The maximum atomic E-state index is 12.3. The molecule has 0 saturated heterocycles. The zero-order valence-corrected chi connectivity index (χ0v) is 14.6. The highest BCUT2D eigenvalue weighted by molar-refractivity contribution is 7.16. The Bertz CT molecular complexity index is 740. The minimum atomic E-state index is -0.224. The number of nitrogens with one attached hydrogen (secondary N) is 1. The van der Waals surface area contributed by atoms with Crippen LogP contribution >= 0.6 is 11.3 Å². The molecule has 1 aromatic heterocycles. The summed E-state index contributed by atoms with van der Waals surface area (Å²) in [7, 11) is 0. The molecule has 0 spiro atoms. The van der Waals surface area contributed by atoms with E-state index in [4.69, 9.17) is 4.74 Å². The van der Waals surface area contributed by atoms with Gasteiger partial charge in [-0.05, 0) is 49.6 Å². The average Bonchev–Trinajstić information content (AvgIpc) is 2.79. The second kappa shape index (κ2) is 7.30. The van der Waals surface area contributed by atoms with E-state index >= 15 is 0 Å². The van der Waals surface area contributed by atoms with E-state index in [-0.39, 0.29) is 5.91 Å². The number of amides is 1. The molecule has 0 aliphatic rings. The van der Waals surface area contributed by atoms with Crippen LogP contribution in [0.3, 0.4) is 0 Å². The molecule has 2 aromatic rings. The number of nitrogens with zero attached hydrogens (tertiary/aromatic N) is 1. The van der Waals surface area contributed by atoms with Crippen LogP contribution < -0.4 is 10.1 Å². The first-order chi connectivity index (χ1) is 10.9. The van der Waals surface area contributed by atoms with Crippen molar-refractivity contribution in [3.63, 3.8) is 0 Å². The number of thiophene rings is 1. The highest BCUT2D eigenvalue weighted by atomic mass is 32.1. The molecule has 0 radical (unpaired) electrons. The summed E-state index contributed by atoms with van der Waals surface area (Å²) in [4.78, 5) is 13.4. The van der Waals surface area contributed by atoms with Gasteiger partial charge in [-0.25, -0.2) is 0 Å². The number of aryl methyl sites for hydroxylation is 1. The third-order valence-corrected chi connectivity index (χ3v) is 4.55. The first-order valence-electron chi connectivity index (χ1n) is 7.46. The lowest BCUT2D eigenvalue weighted by atomic mass is 10.1. The van der Waals surface area contributed by atoms with E-state index in [9.17, 15) is 10.1 Å². The van der Waals surface area contributed by atoms with Gasteiger partial charge < -0.3 is 10.1 Å². The second-order valence-electron chi connectivity index (χ2n) is 5.78. The van der Waals surface area contributed by atoms with Crippen LogP contribution in [0.4, 0.5) is 5.00 Å². The smallest absolute Gasteiger partial charge is 0.256 e. The topological polar surface area (TPSA) is 62.1 Å². The number of ether oxygens (including phenoxy) is 1. The largest absolute Gasteiger partial charge is 0.493 e. The van der Waals surface area contributed by atoms with Crippen molar-refractivity contribution in [2.45, 2.75) is 27.7 Å². The van der Waals surface area contributed by atoms with Gasteiger partial charge in [0, 0.05) is 10.4 Å². The van der Waals surface area contributed by atoms with Gasteiger partial charge in [-0.1, -0.05) is 13.8 Å². The summed E-state index contributed by atoms with van der Waals surface area (Å²) < 4.78 is 5.60. The lowest BCUT2D eigenvalue weighted by Crippen LogP contribution is -2.12. The number of rotatable bonds is 5. The Morgan fingerprint density at radius 3 is 2.52 bits per heavy atom. The van der Waals surface area contributed by atoms with Crippen molar-refractivity contribution in [1.29, 1.82) is 5.26 Å². The molecule has 4 nitrogen and oxygen atoms in total. The molecule has 0 unspecified atom stereocenters. The molecule has 0 atom stereocenters. The average molecular weight is 328 g/mol. The van der Waals surface area contributed by atoms with Gasteiger partial charge in [0.2, 0.25) is 0 Å². The first-order valence-corrected chi connectivity index (χ1v) is 8.28. The fourth-order valence-electron chi connectivity index (χ4n) is 1.99. The Kier molecular flexibility index (Phi) is 5.41. The Balaban J connectivity index is 2.10. The quantitative estimate of drug-likeness (QED) is 0.877. The number of benzene rings is 1. The summed E-state index contributed by atoms with van der Waals surface area (Å²) >= 11 is 1.42. The van der Waals surface area contributed by atoms with Gasteiger partial charge in [0.1, 0.15) is 16.8 Å². The Hall–Kier alpha value is -2.32. The van der Waals surface area contributed by atoms with E-state index in [2.05, 4.69) is 25.2 Å². The van der Waals surface area contributed by atoms with Gasteiger partial charge in [-0.15, -0.1) is 11.3 Å². The van der Waals surface area contributed by atoms with Crippen LogP contribution in [-0.4, -0.2) is 12.5 Å². The molecule has 0 fully saturated rings. The van der Waals surface area contributed by atoms with Gasteiger partial charge >= 0.3 is 0 Å². The van der Waals surface area contributed by atoms with Gasteiger partial charge in [0.15, 0.2) is 0 Å². The fourth-order valence-corrected chi connectivity index (χ4v) is 3.00. The number of anilines is 1. The molecule has 2 rings (SSSR count). The van der Waals surface area contributed by atoms with Gasteiger partial charge in [0.05, 0.1) is 12.2 Å². The third kappa shape index (κ3) is 4.11. The Labute approximate surface area is 140 Å². The molecule has 0 aliphatic carbocycles. The van der Waals surface area contributed by atoms with Crippen LogP contribution in [0.1, 0.15) is 40.2 Å². The molecule has 1 N–H and O–H groups in total. The molecule has 0 bridgehead atoms. The van der Waals surface area contributed by atoms with E-state index < -0.39 is 0 Å². The van der Waals surface area contributed by atoms with Crippen molar-refractivity contribution < 1.29 is 9.53 Å². The highest BCUT2D eigenvalue weighted by Crippen LogP contribution is 2.32. The minimum Gasteiger partial charge on any atom is -0.493 e. The predicted molar refractivity (Wildman–Crippen MR) is 93.2 cm³/mol. The fraction of sp³-hybridized carbons (Fsp3) is 0.333. The Morgan fingerprint density at radius 2 is 1.96 bits per heavy atom. The molecular weight excluding hydrogens is 308 g/mol. The second-order valence-corrected chi connectivity index (χ2v) is 7.01. The van der Waals surface area contributed by atoms with E-state index in [0.29, 0.717) is 28.7 Å². The molecule has 120 valence electrons. The minimum absolute atomic E-state index is 0.224. The summed E-state index contributed by atoms with van der Waals surface area (Å²) in [5.74, 6) is 0.974. The maximum absolute atomic E-state index is 12.3. The van der Waals surface area contributed by atoms with Crippen LogP contribution in [0.5, 0.6) is 5.75 Å². The van der Waals surface area contributed by atoms with E-state index in [1.165, 1.54) is 11.3 Å². The number of carbonyl (C=O) groups is 1. The van der Waals surface area contributed by atoms with Crippen molar-refractivity contribution in [3.8, 4) is 11.8 Å². The third-order valence-electron chi connectivity index (χ3n) is 3.42. The molecule has 0 aliphatic heterocycles. The molecule has 1 aromatic carbocycles. The lowest BCUT2D eigenvalue weighted by Gasteiger charge is -2.09. The SMILES string of the molecule is Cc1sc(NC(=O)c2ccc(OCC(C)C)cc2)c(C#N)c1C. The standard InChI is InChI=1S/C18H20N2O2S/c1-11(2)10-22-15-7-5-14(6-8-15)17(21)20-18-16(9-19)12(3)13(4)23-18/h5-8,11H,10H2,1-4H3,(H,20,21). The van der Waals surface area contributed by atoms with Crippen molar-refractivity contribution in [1.82, 2.24) is 0 Å². The summed E-state index contributed by atoms with van der Waals surface area (Å²) in [6.07, 6.45) is 0. The van der Waals surface area contributed by atoms with Gasteiger partial charge in [-0.2, -0.15) is 5.26 Å². The predicted octanol–water partition coefficient (Wildman–Crippen LogP) is 4.52. The maximum Gasteiger partial charge on any atom is 0.256 e. The van der Waals surface area contributed by atoms with Crippen molar-refractivity contribution in [2.75, 3.05) is 11.9 Å². The lowest BCUT2D eigenvalue weighted by molar-refractivity contribution is 0.102. The molecule has 23 heavy (non-hydrogen) atoms. The first kappa shape index (κ1) is 17.0. The molecule has 5 heteroatoms. The van der Waals surface area contributed by atoms with Crippen molar-refractivity contribution in [2.24, 2.45) is 5.92 Å². The van der Waals surface area contributed by atoms with E-state index in [1.54, 1.807) is 24.3 Å². The number of hydrogen-bond acceptors (Lipinski definition) is 4. The van der Waals surface area contributed by atoms with Gasteiger partial charge in [0.25, 0.3) is 5.91 Å². The number of nitriles is 1. The zero-order chi connectivity index (χ0) is 17.0. The molecule has 0 saturated carbocycles. The van der Waals surface area contributed by atoms with Crippen LogP contribution in [0.2, 0.25) is 0 Å². The molecule has 1 amide bonds. The van der Waals surface area contributed by atoms with Crippen LogP contribution in [0, 0.1) is 31.1 Å². The molecular formula is C18H20N2O2S. The summed E-state index contributed by atoms with van der Waals surface area (Å²) in [5, 5.41) is 12.7. The number of carbonyl (C=O) groups excluding carboxylic acids is 1.